The van der Waals surface area contributed by atoms with Gasteiger partial charge < -0.3 is 46.3 Å². The van der Waals surface area contributed by atoms with Crippen molar-refractivity contribution in [1.82, 2.24) is 56.6 Å². The molecule has 8 N–H and O–H groups in total. The van der Waals surface area contributed by atoms with Crippen molar-refractivity contribution in [3.05, 3.63) is 154 Å². The number of carbonyl (C=O) groups is 2. The quantitative estimate of drug-likeness (QED) is 0.0542. The van der Waals surface area contributed by atoms with Gasteiger partial charge in [-0.25, -0.2) is 15.0 Å². The molecule has 2 atom stereocenters. The number of benzene rings is 4. The predicted octanol–water partition coefficient (Wildman–Crippen LogP) is 8.58. The largest absolute Gasteiger partial charge is 0.493 e. The number of fused-ring (bicyclic) bond motifs is 2. The van der Waals surface area contributed by atoms with E-state index in [0.717, 1.165) is 117 Å². The lowest BCUT2D eigenvalue weighted by atomic mass is 9.86. The number of alkyl halides is 3. The van der Waals surface area contributed by atoms with Crippen molar-refractivity contribution in [2.24, 2.45) is 0 Å². The van der Waals surface area contributed by atoms with Crippen LogP contribution in [0.3, 0.4) is 0 Å². The SMILES string of the molecule is Cc1ccc2c(c1)[C@H](NC(=O)c1cccc(NC3(c4nc(-c5ccnc(N6CCC(c7nc(C8(Nc9cccc(C(=O)N[C@H]%10CCOc%11c%10cccc%11C(F)(F)F)c9)CCNCC8)n[nH]7)CC6)c5)n[nH]4)CCNCC3)c1)CCO2. The van der Waals surface area contributed by atoms with Crippen LogP contribution in [0.15, 0.2) is 103 Å². The van der Waals surface area contributed by atoms with Crippen LogP contribution in [-0.2, 0) is 17.3 Å². The summed E-state index contributed by atoms with van der Waals surface area (Å²) in [5.74, 6) is 3.80. The number of pyridine rings is 1. The van der Waals surface area contributed by atoms with Gasteiger partial charge in [0.15, 0.2) is 17.5 Å². The molecule has 21 heteroatoms. The number of carbonyl (C=O) groups excluding carboxylic acids is 2. The minimum Gasteiger partial charge on any atom is -0.493 e. The van der Waals surface area contributed by atoms with Gasteiger partial charge in [0.05, 0.1) is 36.4 Å². The van der Waals surface area contributed by atoms with E-state index in [0.29, 0.717) is 66.3 Å². The van der Waals surface area contributed by atoms with E-state index in [2.05, 4.69) is 53.1 Å². The zero-order valence-corrected chi connectivity index (χ0v) is 43.8. The third kappa shape index (κ3) is 10.8. The topological polar surface area (TPSA) is 224 Å². The van der Waals surface area contributed by atoms with Gasteiger partial charge in [-0.05, 0) is 132 Å². The highest BCUT2D eigenvalue weighted by atomic mass is 19.4. The van der Waals surface area contributed by atoms with Gasteiger partial charge in [0.2, 0.25) is 0 Å². The standard InChI is InChI=1S/C58H63F3N14O4/c1-35-11-12-47-43(31-35)46(16-29-78-47)66-53(77)39-6-3-8-41(33-39)70-57(20-25-63-26-21-57)55-68-51(72-74-55)37-13-22-64-48(34-37)75-27-14-36(15-28-75)50-67-54(73-71-50)56(18-23-62-24-19-56)69-40-7-2-5-38(32-40)52(76)65-45-17-30-79-49-42(45)9-4-10-44(49)58(59,60)61/h2-13,22,31-34,36,45-46,62-63,69-70H,14-21,23-30H2,1H3,(H,65,76)(H,66,77)(H,67,71,73)(H,68,72,74)/t45-,46+/m0/s1. The number of rotatable bonds is 13. The second-order valence-corrected chi connectivity index (χ2v) is 21.4. The Labute approximate surface area is 454 Å². The molecular formula is C58H63F3N14O4. The van der Waals surface area contributed by atoms with E-state index in [1.54, 1.807) is 30.5 Å². The van der Waals surface area contributed by atoms with Crippen LogP contribution in [-0.4, -0.2) is 99.6 Å². The first-order valence-corrected chi connectivity index (χ1v) is 27.3. The summed E-state index contributed by atoms with van der Waals surface area (Å²) in [5, 5.41) is 36.8. The van der Waals surface area contributed by atoms with E-state index < -0.39 is 34.8 Å². The number of H-pyrrole nitrogens is 2. The van der Waals surface area contributed by atoms with E-state index in [1.807, 2.05) is 61.5 Å². The summed E-state index contributed by atoms with van der Waals surface area (Å²) in [6.07, 6.45) is 2.81. The minimum absolute atomic E-state index is 0.0499. The van der Waals surface area contributed by atoms with Gasteiger partial charge in [-0.1, -0.05) is 42.0 Å². The maximum atomic E-state index is 13.8. The molecule has 5 aliphatic rings. The molecule has 0 bridgehead atoms. The highest BCUT2D eigenvalue weighted by Crippen LogP contribution is 2.44. The van der Waals surface area contributed by atoms with E-state index in [-0.39, 0.29) is 30.2 Å². The van der Waals surface area contributed by atoms with Crippen LogP contribution in [0.2, 0.25) is 0 Å². The molecule has 12 rings (SSSR count). The van der Waals surface area contributed by atoms with Crippen molar-refractivity contribution < 1.29 is 32.2 Å². The lowest BCUT2D eigenvalue weighted by Crippen LogP contribution is -2.46. The van der Waals surface area contributed by atoms with Crippen LogP contribution >= 0.6 is 0 Å². The Hall–Kier alpha value is -8.04. The Bertz CT molecular complexity index is 3340. The van der Waals surface area contributed by atoms with Crippen molar-refractivity contribution in [2.75, 3.05) is 68.0 Å². The van der Waals surface area contributed by atoms with Gasteiger partial charge in [-0.15, -0.1) is 0 Å². The van der Waals surface area contributed by atoms with E-state index in [4.69, 9.17) is 34.6 Å². The van der Waals surface area contributed by atoms with Crippen molar-refractivity contribution in [3.8, 4) is 22.9 Å². The molecule has 8 heterocycles. The normalized spacial score (nSPS) is 19.9. The summed E-state index contributed by atoms with van der Waals surface area (Å²) >= 11 is 0. The van der Waals surface area contributed by atoms with E-state index >= 15 is 0 Å². The van der Waals surface area contributed by atoms with Crippen LogP contribution in [0.1, 0.15) is 130 Å². The van der Waals surface area contributed by atoms with Gasteiger partial charge >= 0.3 is 6.18 Å². The summed E-state index contributed by atoms with van der Waals surface area (Å²) in [6.45, 7) is 7.16. The summed E-state index contributed by atoms with van der Waals surface area (Å²) in [4.78, 5) is 44.8. The molecule has 410 valence electrons. The lowest BCUT2D eigenvalue weighted by Gasteiger charge is -2.37. The number of hydrogen-bond acceptors (Lipinski definition) is 14. The van der Waals surface area contributed by atoms with Crippen molar-refractivity contribution >= 4 is 29.0 Å². The number of aromatic nitrogens is 7. The van der Waals surface area contributed by atoms with Crippen molar-refractivity contribution in [2.45, 2.75) is 93.5 Å². The van der Waals surface area contributed by atoms with E-state index in [1.165, 1.54) is 6.07 Å². The second-order valence-electron chi connectivity index (χ2n) is 21.4. The molecule has 3 aromatic heterocycles. The second kappa shape index (κ2) is 21.7. The number of halogens is 3. The highest BCUT2D eigenvalue weighted by molar-refractivity contribution is 5.96. The smallest absolute Gasteiger partial charge is 0.419 e. The molecule has 2 amide bonds. The number of nitrogens with one attached hydrogen (secondary N) is 8. The Kier molecular flexibility index (Phi) is 14.2. The first-order chi connectivity index (χ1) is 38.4. The first kappa shape index (κ1) is 51.7. The molecule has 0 spiro atoms. The van der Waals surface area contributed by atoms with Crippen LogP contribution in [0, 0.1) is 6.92 Å². The maximum Gasteiger partial charge on any atom is 0.419 e. The Morgan fingerprint density at radius 1 is 0.684 bits per heavy atom. The average molecular weight is 1080 g/mol. The van der Waals surface area contributed by atoms with Gasteiger partial charge in [-0.3, -0.25) is 19.8 Å². The van der Waals surface area contributed by atoms with Crippen molar-refractivity contribution in [3.63, 3.8) is 0 Å². The molecule has 3 fully saturated rings. The summed E-state index contributed by atoms with van der Waals surface area (Å²) in [5.41, 5.74) is 3.69. The number of aryl methyl sites for hydroxylation is 1. The van der Waals surface area contributed by atoms with Gasteiger partial charge in [0, 0.05) is 77.2 Å². The number of amides is 2. The van der Waals surface area contributed by atoms with E-state index in [9.17, 15) is 22.8 Å². The third-order valence-corrected chi connectivity index (χ3v) is 16.2. The molecule has 0 unspecified atom stereocenters. The molecule has 0 saturated carbocycles. The molecule has 4 aromatic carbocycles. The van der Waals surface area contributed by atoms with Crippen LogP contribution < -0.4 is 46.3 Å². The minimum atomic E-state index is -4.58. The monoisotopic (exact) mass is 1080 g/mol. The molecule has 79 heavy (non-hydrogen) atoms. The fourth-order valence-electron chi connectivity index (χ4n) is 11.9. The summed E-state index contributed by atoms with van der Waals surface area (Å²) in [7, 11) is 0. The predicted molar refractivity (Wildman–Crippen MR) is 291 cm³/mol. The van der Waals surface area contributed by atoms with Crippen LogP contribution in [0.4, 0.5) is 30.4 Å². The Balaban J connectivity index is 0.690. The Morgan fingerprint density at radius 3 is 2.03 bits per heavy atom. The van der Waals surface area contributed by atoms with Gasteiger partial charge in [0.1, 0.15) is 28.7 Å². The average Bonchev–Trinajstić information content (AvgIpc) is 4.20. The molecule has 3 saturated heterocycles. The number of piperidine rings is 3. The number of anilines is 3. The number of ether oxygens (including phenoxy) is 2. The van der Waals surface area contributed by atoms with Gasteiger partial charge in [-0.2, -0.15) is 23.4 Å². The number of para-hydroxylation sites is 1. The molecule has 18 nitrogen and oxygen atoms in total. The zero-order chi connectivity index (χ0) is 54.1. The zero-order valence-electron chi connectivity index (χ0n) is 43.8. The molecule has 0 radical (unpaired) electrons. The molecular weight excluding hydrogens is 1010 g/mol. The summed E-state index contributed by atoms with van der Waals surface area (Å²) < 4.78 is 52.7. The fraction of sp³-hybridized carbons (Fsp3) is 0.397. The number of aromatic amines is 2. The fourth-order valence-corrected chi connectivity index (χ4v) is 11.9. The number of nitrogens with zero attached hydrogens (tertiary/aromatic N) is 6. The molecule has 7 aromatic rings. The van der Waals surface area contributed by atoms with Crippen LogP contribution in [0.25, 0.3) is 11.4 Å². The van der Waals surface area contributed by atoms with Crippen molar-refractivity contribution in [1.29, 1.82) is 0 Å². The highest BCUT2D eigenvalue weighted by Gasteiger charge is 2.41. The number of hydrogen-bond donors (Lipinski definition) is 8. The van der Waals surface area contributed by atoms with Crippen LogP contribution in [0.5, 0.6) is 11.5 Å². The Morgan fingerprint density at radius 2 is 1.33 bits per heavy atom. The molecule has 5 aliphatic heterocycles. The third-order valence-electron chi connectivity index (χ3n) is 16.2. The summed E-state index contributed by atoms with van der Waals surface area (Å²) in [6, 6.07) is 28.0. The molecule has 0 aliphatic carbocycles. The maximum absolute atomic E-state index is 13.8. The van der Waals surface area contributed by atoms with Gasteiger partial charge in [0.25, 0.3) is 11.8 Å². The lowest BCUT2D eigenvalue weighted by molar-refractivity contribution is -0.139. The first-order valence-electron chi connectivity index (χ1n) is 27.3.